The minimum Gasteiger partial charge on any atom is -0.447 e. The van der Waals surface area contributed by atoms with Crippen LogP contribution < -0.4 is 0 Å². The number of nitriles is 3. The van der Waals surface area contributed by atoms with E-state index in [0.29, 0.717) is 24.8 Å². The monoisotopic (exact) mass is 426 g/mol. The molecule has 0 spiro atoms. The van der Waals surface area contributed by atoms with Crippen LogP contribution in [0.25, 0.3) is 0 Å². The first-order valence-corrected chi connectivity index (χ1v) is 10.5. The summed E-state index contributed by atoms with van der Waals surface area (Å²) in [5, 5.41) is 39.7. The third-order valence-electron chi connectivity index (χ3n) is 7.35. The van der Waals surface area contributed by atoms with Gasteiger partial charge in [-0.25, -0.2) is 4.39 Å². The summed E-state index contributed by atoms with van der Waals surface area (Å²) >= 11 is 0. The Morgan fingerprint density at radius 1 is 0.938 bits per heavy atom. The Kier molecular flexibility index (Phi) is 4.35. The lowest BCUT2D eigenvalue weighted by Crippen LogP contribution is -2.60. The van der Waals surface area contributed by atoms with Gasteiger partial charge < -0.3 is 9.47 Å². The average Bonchev–Trinajstić information content (AvgIpc) is 3.03. The van der Waals surface area contributed by atoms with E-state index in [-0.39, 0.29) is 5.92 Å². The van der Waals surface area contributed by atoms with E-state index in [1.54, 1.807) is 0 Å². The number of nitrogens with one attached hydrogen (secondary N) is 1. The molecule has 2 aromatic rings. The fourth-order valence-corrected chi connectivity index (χ4v) is 5.80. The zero-order chi connectivity index (χ0) is 22.6. The summed E-state index contributed by atoms with van der Waals surface area (Å²) in [4.78, 5) is 0. The lowest BCUT2D eigenvalue weighted by atomic mass is 9.50. The normalized spacial score (nSPS) is 34.3. The van der Waals surface area contributed by atoms with Crippen LogP contribution in [0.1, 0.15) is 42.4 Å². The molecule has 2 aromatic carbocycles. The third kappa shape index (κ3) is 2.36. The van der Waals surface area contributed by atoms with Gasteiger partial charge in [0.05, 0.1) is 24.1 Å². The average molecular weight is 426 g/mol. The van der Waals surface area contributed by atoms with Crippen LogP contribution >= 0.6 is 0 Å². The van der Waals surface area contributed by atoms with Crippen LogP contribution in [0.5, 0.6) is 0 Å². The van der Waals surface area contributed by atoms with Gasteiger partial charge in [-0.1, -0.05) is 42.5 Å². The van der Waals surface area contributed by atoms with Crippen LogP contribution in [0.4, 0.5) is 4.39 Å². The number of rotatable bonds is 2. The third-order valence-corrected chi connectivity index (χ3v) is 7.35. The Balaban J connectivity index is 1.68. The standard InChI is InChI=1S/C25H19FN4O2/c26-19-8-6-17(7-9-19)21-23(13-27,14-28)24(15-29)20-12-18(16-4-2-1-3-5-16)10-11-25(20,31-21)32-22(24)30/h1-9,18,20-21,30H,10-12H2. The highest BCUT2D eigenvalue weighted by Crippen LogP contribution is 2.70. The molecule has 5 rings (SSSR count). The highest BCUT2D eigenvalue weighted by atomic mass is 19.1. The van der Waals surface area contributed by atoms with Crippen molar-refractivity contribution in [3.63, 3.8) is 0 Å². The largest absolute Gasteiger partial charge is 0.447 e. The quantitative estimate of drug-likeness (QED) is 0.746. The van der Waals surface area contributed by atoms with Crippen molar-refractivity contribution in [1.29, 1.82) is 21.2 Å². The van der Waals surface area contributed by atoms with Gasteiger partial charge in [0, 0.05) is 6.42 Å². The zero-order valence-electron chi connectivity index (χ0n) is 17.1. The number of benzene rings is 2. The van der Waals surface area contributed by atoms with E-state index in [1.807, 2.05) is 42.5 Å². The van der Waals surface area contributed by atoms with Gasteiger partial charge in [0.2, 0.25) is 17.1 Å². The maximum atomic E-state index is 13.6. The first kappa shape index (κ1) is 20.2. The van der Waals surface area contributed by atoms with Gasteiger partial charge in [0.1, 0.15) is 11.9 Å². The summed E-state index contributed by atoms with van der Waals surface area (Å²) in [7, 11) is 0. The van der Waals surface area contributed by atoms with E-state index in [9.17, 15) is 20.2 Å². The molecule has 2 bridgehead atoms. The Bertz CT molecular complexity index is 1200. The fraction of sp³-hybridized carbons (Fsp3) is 0.360. The van der Waals surface area contributed by atoms with Crippen LogP contribution in [-0.2, 0) is 9.47 Å². The molecule has 3 fully saturated rings. The molecule has 2 saturated heterocycles. The summed E-state index contributed by atoms with van der Waals surface area (Å²) in [5.74, 6) is -2.73. The Morgan fingerprint density at radius 3 is 2.25 bits per heavy atom. The Hall–Kier alpha value is -3.73. The molecule has 5 unspecified atom stereocenters. The van der Waals surface area contributed by atoms with Crippen LogP contribution in [0.15, 0.2) is 54.6 Å². The van der Waals surface area contributed by atoms with Gasteiger partial charge in [-0.2, -0.15) is 15.8 Å². The zero-order valence-corrected chi connectivity index (χ0v) is 17.1. The molecule has 158 valence electrons. The number of ether oxygens (including phenoxy) is 2. The van der Waals surface area contributed by atoms with Crippen molar-refractivity contribution in [2.45, 2.75) is 37.1 Å². The molecule has 6 nitrogen and oxygen atoms in total. The minimum absolute atomic E-state index is 0.0811. The first-order valence-electron chi connectivity index (χ1n) is 10.5. The number of hydrogen-bond acceptors (Lipinski definition) is 6. The summed E-state index contributed by atoms with van der Waals surface area (Å²) < 4.78 is 25.9. The van der Waals surface area contributed by atoms with E-state index >= 15 is 0 Å². The number of halogens is 1. The van der Waals surface area contributed by atoms with Crippen LogP contribution in [-0.4, -0.2) is 11.7 Å². The van der Waals surface area contributed by atoms with Crippen LogP contribution in [0.3, 0.4) is 0 Å². The smallest absolute Gasteiger partial charge is 0.217 e. The molecule has 2 heterocycles. The van der Waals surface area contributed by atoms with Crippen molar-refractivity contribution in [2.75, 3.05) is 0 Å². The molecule has 0 radical (unpaired) electrons. The topological polar surface area (TPSA) is 114 Å². The van der Waals surface area contributed by atoms with E-state index in [1.165, 1.54) is 24.3 Å². The maximum absolute atomic E-state index is 13.6. The van der Waals surface area contributed by atoms with Gasteiger partial charge in [0.15, 0.2) is 5.41 Å². The molecule has 1 saturated carbocycles. The molecular weight excluding hydrogens is 407 g/mol. The second-order valence-corrected chi connectivity index (χ2v) is 8.68. The minimum atomic E-state index is -2.03. The van der Waals surface area contributed by atoms with Crippen molar-refractivity contribution in [1.82, 2.24) is 0 Å². The van der Waals surface area contributed by atoms with E-state index in [4.69, 9.17) is 14.9 Å². The summed E-state index contributed by atoms with van der Waals surface area (Å²) in [6.45, 7) is 0. The molecule has 3 aliphatic rings. The second kappa shape index (κ2) is 6.89. The van der Waals surface area contributed by atoms with Gasteiger partial charge in [-0.05, 0) is 42.0 Å². The molecule has 1 aliphatic carbocycles. The molecule has 0 amide bonds. The molecule has 5 atom stereocenters. The van der Waals surface area contributed by atoms with Crippen molar-refractivity contribution in [3.8, 4) is 18.2 Å². The van der Waals surface area contributed by atoms with Gasteiger partial charge in [0.25, 0.3) is 0 Å². The molecule has 1 N–H and O–H groups in total. The molecule has 2 aliphatic heterocycles. The predicted octanol–water partition coefficient (Wildman–Crippen LogP) is 4.73. The van der Waals surface area contributed by atoms with E-state index in [0.717, 1.165) is 5.56 Å². The number of nitrogens with zero attached hydrogens (tertiary/aromatic N) is 3. The molecular formula is C25H19FN4O2. The highest BCUT2D eigenvalue weighted by Gasteiger charge is 2.81. The van der Waals surface area contributed by atoms with Crippen molar-refractivity contribution < 1.29 is 13.9 Å². The lowest BCUT2D eigenvalue weighted by molar-refractivity contribution is -0.296. The lowest BCUT2D eigenvalue weighted by Gasteiger charge is -2.52. The van der Waals surface area contributed by atoms with Gasteiger partial charge >= 0.3 is 0 Å². The van der Waals surface area contributed by atoms with Gasteiger partial charge in [-0.3, -0.25) is 5.41 Å². The van der Waals surface area contributed by atoms with E-state index < -0.39 is 40.4 Å². The fourth-order valence-electron chi connectivity index (χ4n) is 5.80. The highest BCUT2D eigenvalue weighted by molar-refractivity contribution is 5.89. The molecule has 32 heavy (non-hydrogen) atoms. The van der Waals surface area contributed by atoms with Gasteiger partial charge in [-0.15, -0.1) is 0 Å². The van der Waals surface area contributed by atoms with Crippen molar-refractivity contribution in [3.05, 3.63) is 71.5 Å². The second-order valence-electron chi connectivity index (χ2n) is 8.68. The molecule has 7 heteroatoms. The van der Waals surface area contributed by atoms with Crippen molar-refractivity contribution >= 4 is 5.90 Å². The number of hydrogen-bond donors (Lipinski definition) is 1. The van der Waals surface area contributed by atoms with Crippen LogP contribution in [0.2, 0.25) is 0 Å². The molecule has 0 aromatic heterocycles. The summed E-state index contributed by atoms with van der Waals surface area (Å²) in [5.41, 5.74) is -2.33. The summed E-state index contributed by atoms with van der Waals surface area (Å²) in [6, 6.07) is 21.5. The Morgan fingerprint density at radius 2 is 1.62 bits per heavy atom. The van der Waals surface area contributed by atoms with E-state index in [2.05, 4.69) is 6.07 Å². The summed E-state index contributed by atoms with van der Waals surface area (Å²) in [6.07, 6.45) is 0.400. The SMILES string of the molecule is N#CC1(C#N)C(c2ccc(F)cc2)OC23CCC(c4ccccc4)CC2C1(C#N)C(=N)O3. The van der Waals surface area contributed by atoms with Crippen LogP contribution in [0, 0.1) is 62.0 Å². The maximum Gasteiger partial charge on any atom is 0.217 e. The predicted molar refractivity (Wildman–Crippen MR) is 110 cm³/mol. The first-order chi connectivity index (χ1) is 15.5. The van der Waals surface area contributed by atoms with Crippen molar-refractivity contribution in [2.24, 2.45) is 16.7 Å². The Labute approximate surface area is 184 Å².